The number of hydrogen-bond donors (Lipinski definition) is 1. The van der Waals surface area contributed by atoms with Crippen molar-refractivity contribution in [3.05, 3.63) is 41.2 Å². The summed E-state index contributed by atoms with van der Waals surface area (Å²) in [6.07, 6.45) is 1.21. The van der Waals surface area contributed by atoms with Gasteiger partial charge in [-0.1, -0.05) is 29.8 Å². The molecular formula is C13H12ClF3N2O. The van der Waals surface area contributed by atoms with E-state index in [2.05, 4.69) is 4.98 Å². The van der Waals surface area contributed by atoms with Crippen molar-refractivity contribution in [1.29, 1.82) is 0 Å². The highest BCUT2D eigenvalue weighted by molar-refractivity contribution is 6.29. The zero-order chi connectivity index (χ0) is 14.8. The van der Waals surface area contributed by atoms with Crippen LogP contribution in [-0.4, -0.2) is 23.1 Å². The number of alkyl halides is 3. The van der Waals surface area contributed by atoms with E-state index in [1.807, 2.05) is 11.4 Å². The van der Waals surface area contributed by atoms with Gasteiger partial charge in [-0.05, 0) is 24.5 Å². The Kier molecular flexibility index (Phi) is 4.32. The van der Waals surface area contributed by atoms with Crippen LogP contribution in [-0.2, 0) is 4.79 Å². The molecule has 1 aliphatic carbocycles. The van der Waals surface area contributed by atoms with Crippen LogP contribution in [0.15, 0.2) is 30.5 Å². The fourth-order valence-electron chi connectivity index (χ4n) is 2.20. The molecule has 2 atom stereocenters. The van der Waals surface area contributed by atoms with E-state index in [1.54, 1.807) is 18.2 Å². The van der Waals surface area contributed by atoms with Gasteiger partial charge in [0.15, 0.2) is 0 Å². The molecule has 0 aliphatic heterocycles. The Labute approximate surface area is 118 Å². The number of rotatable bonds is 2. The van der Waals surface area contributed by atoms with Crippen molar-refractivity contribution < 1.29 is 18.0 Å². The molecule has 1 heterocycles. The van der Waals surface area contributed by atoms with E-state index in [-0.39, 0.29) is 5.92 Å². The van der Waals surface area contributed by atoms with Crippen molar-refractivity contribution in [2.24, 2.45) is 0 Å². The summed E-state index contributed by atoms with van der Waals surface area (Å²) in [6, 6.07) is 2.70. The van der Waals surface area contributed by atoms with Crippen LogP contribution in [0.1, 0.15) is 24.3 Å². The van der Waals surface area contributed by atoms with E-state index < -0.39 is 18.1 Å². The van der Waals surface area contributed by atoms with Gasteiger partial charge in [0.25, 0.3) is 0 Å². The first-order chi connectivity index (χ1) is 9.38. The topological polar surface area (TPSA) is 42.0 Å². The molecule has 0 aromatic carbocycles. The van der Waals surface area contributed by atoms with E-state index in [0.717, 1.165) is 5.56 Å². The molecule has 0 saturated carbocycles. The Balaban J connectivity index is 2.16. The molecule has 1 aromatic heterocycles. The van der Waals surface area contributed by atoms with Crippen molar-refractivity contribution in [3.8, 4) is 0 Å². The Morgan fingerprint density at radius 1 is 1.30 bits per heavy atom. The fraction of sp³-hybridized carbons (Fsp3) is 0.385. The summed E-state index contributed by atoms with van der Waals surface area (Å²) in [5, 5.41) is 2.36. The third-order valence-electron chi connectivity index (χ3n) is 3.18. The normalized spacial score (nSPS) is 22.6. The average molecular weight is 305 g/mol. The monoisotopic (exact) mass is 304 g/mol. The highest BCUT2D eigenvalue weighted by Gasteiger charge is 2.41. The maximum atomic E-state index is 12.3. The highest BCUT2D eigenvalue weighted by Crippen LogP contribution is 2.30. The minimum atomic E-state index is -4.87. The number of nitrogens with one attached hydrogen (secondary N) is 1. The average Bonchev–Trinajstić information content (AvgIpc) is 2.39. The van der Waals surface area contributed by atoms with Gasteiger partial charge in [0, 0.05) is 18.2 Å². The van der Waals surface area contributed by atoms with Crippen LogP contribution in [0.5, 0.6) is 0 Å². The largest absolute Gasteiger partial charge is 0.471 e. The number of nitrogens with zero attached hydrogens (tertiary/aromatic N) is 1. The van der Waals surface area contributed by atoms with Gasteiger partial charge in [-0.2, -0.15) is 13.2 Å². The summed E-state index contributed by atoms with van der Waals surface area (Å²) in [4.78, 5) is 15.0. The quantitative estimate of drug-likeness (QED) is 0.673. The molecule has 0 unspecified atom stereocenters. The molecule has 7 heteroatoms. The van der Waals surface area contributed by atoms with Gasteiger partial charge in [0.05, 0.1) is 0 Å². The number of halogens is 4. The predicted octanol–water partition coefficient (Wildman–Crippen LogP) is 3.22. The summed E-state index contributed by atoms with van der Waals surface area (Å²) in [5.41, 5.74) is 0.756. The minimum Gasteiger partial charge on any atom is -0.345 e. The highest BCUT2D eigenvalue weighted by atomic mass is 35.5. The number of hydrogen-bond acceptors (Lipinski definition) is 2. The maximum absolute atomic E-state index is 12.3. The van der Waals surface area contributed by atoms with Crippen LogP contribution < -0.4 is 5.32 Å². The number of pyridine rings is 1. The van der Waals surface area contributed by atoms with E-state index in [0.29, 0.717) is 18.0 Å². The molecule has 3 nitrogen and oxygen atoms in total. The smallest absolute Gasteiger partial charge is 0.345 e. The number of carbonyl (C=O) groups excluding carboxylic acids is 1. The van der Waals surface area contributed by atoms with Crippen LogP contribution >= 0.6 is 11.6 Å². The Morgan fingerprint density at radius 2 is 2.00 bits per heavy atom. The number of allylic oxidation sites excluding steroid dienone is 1. The lowest BCUT2D eigenvalue weighted by Crippen LogP contribution is -2.46. The SMILES string of the molecule is O=C(N[C@@H]1CC=CC[C@@H]1c1ccc(Cl)nc1)C(F)(F)F. The van der Waals surface area contributed by atoms with Crippen molar-refractivity contribution in [3.63, 3.8) is 0 Å². The fourth-order valence-corrected chi connectivity index (χ4v) is 2.31. The lowest BCUT2D eigenvalue weighted by atomic mass is 9.84. The molecule has 1 N–H and O–H groups in total. The van der Waals surface area contributed by atoms with E-state index in [4.69, 9.17) is 11.6 Å². The molecule has 1 aliphatic rings. The van der Waals surface area contributed by atoms with Gasteiger partial charge < -0.3 is 5.32 Å². The molecule has 2 rings (SSSR count). The Bertz CT molecular complexity index is 513. The van der Waals surface area contributed by atoms with E-state index in [1.165, 1.54) is 6.20 Å². The molecular weight excluding hydrogens is 293 g/mol. The van der Waals surface area contributed by atoms with E-state index >= 15 is 0 Å². The summed E-state index contributed by atoms with van der Waals surface area (Å²) in [7, 11) is 0. The maximum Gasteiger partial charge on any atom is 0.471 e. The van der Waals surface area contributed by atoms with Crippen molar-refractivity contribution in [2.75, 3.05) is 0 Å². The first-order valence-electron chi connectivity index (χ1n) is 6.02. The molecule has 1 amide bonds. The predicted molar refractivity (Wildman–Crippen MR) is 68.3 cm³/mol. The van der Waals surface area contributed by atoms with Gasteiger partial charge in [-0.15, -0.1) is 0 Å². The molecule has 0 radical (unpaired) electrons. The minimum absolute atomic E-state index is 0.240. The summed E-state index contributed by atoms with van der Waals surface area (Å²) < 4.78 is 37.0. The second-order valence-electron chi connectivity index (χ2n) is 4.54. The first-order valence-corrected chi connectivity index (χ1v) is 6.40. The Hall–Kier alpha value is -1.56. The lowest BCUT2D eigenvalue weighted by Gasteiger charge is -2.29. The van der Waals surface area contributed by atoms with Gasteiger partial charge in [0.2, 0.25) is 0 Å². The molecule has 1 aromatic rings. The third kappa shape index (κ3) is 3.50. The Morgan fingerprint density at radius 3 is 2.60 bits per heavy atom. The number of amides is 1. The standard InChI is InChI=1S/C13H12ClF3N2O/c14-11-6-5-8(7-18-11)9-3-1-2-4-10(9)19-12(20)13(15,16)17/h1-2,5-7,9-10H,3-4H2,(H,19,20)/t9-,10-/m1/s1. The van der Waals surface area contributed by atoms with Crippen LogP contribution in [0, 0.1) is 0 Å². The van der Waals surface area contributed by atoms with Gasteiger partial charge >= 0.3 is 12.1 Å². The molecule has 0 saturated heterocycles. The molecule has 20 heavy (non-hydrogen) atoms. The van der Waals surface area contributed by atoms with Gasteiger partial charge in [-0.3, -0.25) is 4.79 Å². The first kappa shape index (κ1) is 14.8. The number of carbonyl (C=O) groups is 1. The zero-order valence-corrected chi connectivity index (χ0v) is 11.1. The van der Waals surface area contributed by atoms with Crippen LogP contribution in [0.2, 0.25) is 5.15 Å². The summed E-state index contributed by atoms with van der Waals surface area (Å²) in [6.45, 7) is 0. The zero-order valence-electron chi connectivity index (χ0n) is 10.3. The lowest BCUT2D eigenvalue weighted by molar-refractivity contribution is -0.174. The third-order valence-corrected chi connectivity index (χ3v) is 3.41. The van der Waals surface area contributed by atoms with Crippen LogP contribution in [0.25, 0.3) is 0 Å². The second-order valence-corrected chi connectivity index (χ2v) is 4.93. The van der Waals surface area contributed by atoms with Crippen molar-refractivity contribution in [2.45, 2.75) is 31.0 Å². The van der Waals surface area contributed by atoms with Crippen molar-refractivity contribution in [1.82, 2.24) is 10.3 Å². The second kappa shape index (κ2) is 5.83. The van der Waals surface area contributed by atoms with Gasteiger partial charge in [-0.25, -0.2) is 4.98 Å². The molecule has 0 fully saturated rings. The summed E-state index contributed by atoms with van der Waals surface area (Å²) in [5.74, 6) is -2.15. The van der Waals surface area contributed by atoms with Gasteiger partial charge in [0.1, 0.15) is 5.15 Å². The molecule has 0 bridgehead atoms. The van der Waals surface area contributed by atoms with Crippen LogP contribution in [0.4, 0.5) is 13.2 Å². The van der Waals surface area contributed by atoms with E-state index in [9.17, 15) is 18.0 Å². The number of aromatic nitrogens is 1. The molecule has 108 valence electrons. The van der Waals surface area contributed by atoms with Crippen LogP contribution in [0.3, 0.4) is 0 Å². The summed E-state index contributed by atoms with van der Waals surface area (Å²) >= 11 is 5.69. The molecule has 0 spiro atoms. The van der Waals surface area contributed by atoms with Crippen molar-refractivity contribution >= 4 is 17.5 Å².